The third-order valence-electron chi connectivity index (χ3n) is 3.94. The van der Waals surface area contributed by atoms with Gasteiger partial charge in [-0.3, -0.25) is 0 Å². The fraction of sp³-hybridized carbons (Fsp3) is 0.733. The third kappa shape index (κ3) is 3.19. The molecule has 2 rings (SSSR count). The molecular formula is C15H24ClN3. The number of nitrogens with one attached hydrogen (secondary N) is 1. The fourth-order valence-corrected chi connectivity index (χ4v) is 2.67. The lowest BCUT2D eigenvalue weighted by atomic mass is 9.95. The molecule has 1 aromatic heterocycles. The summed E-state index contributed by atoms with van der Waals surface area (Å²) in [4.78, 5) is 9.11. The lowest BCUT2D eigenvalue weighted by Crippen LogP contribution is -2.25. The predicted molar refractivity (Wildman–Crippen MR) is 80.9 cm³/mol. The first-order valence-corrected chi connectivity index (χ1v) is 7.48. The Labute approximate surface area is 121 Å². The SMILES string of the molecule is Cc1c(Cl)nc(C(C)(C)C)nc1NC1CCCC1C. The summed E-state index contributed by atoms with van der Waals surface area (Å²) in [7, 11) is 0. The minimum Gasteiger partial charge on any atom is -0.367 e. The molecule has 0 spiro atoms. The second kappa shape index (κ2) is 5.28. The van der Waals surface area contributed by atoms with E-state index < -0.39 is 0 Å². The molecule has 19 heavy (non-hydrogen) atoms. The molecule has 1 aliphatic carbocycles. The van der Waals surface area contributed by atoms with Gasteiger partial charge in [-0.25, -0.2) is 9.97 Å². The van der Waals surface area contributed by atoms with E-state index in [2.05, 4.69) is 38.0 Å². The quantitative estimate of drug-likeness (QED) is 0.820. The minimum atomic E-state index is -0.0882. The molecule has 4 heteroatoms. The maximum Gasteiger partial charge on any atom is 0.137 e. The van der Waals surface area contributed by atoms with E-state index in [0.29, 0.717) is 17.1 Å². The highest BCUT2D eigenvalue weighted by Gasteiger charge is 2.26. The lowest BCUT2D eigenvalue weighted by molar-refractivity contribution is 0.537. The number of aromatic nitrogens is 2. The van der Waals surface area contributed by atoms with E-state index >= 15 is 0 Å². The van der Waals surface area contributed by atoms with Crippen molar-refractivity contribution in [2.75, 3.05) is 5.32 Å². The van der Waals surface area contributed by atoms with Crippen LogP contribution in [-0.2, 0) is 5.41 Å². The zero-order valence-corrected chi connectivity index (χ0v) is 13.3. The van der Waals surface area contributed by atoms with Gasteiger partial charge in [-0.15, -0.1) is 0 Å². The first-order chi connectivity index (χ1) is 8.79. The highest BCUT2D eigenvalue weighted by molar-refractivity contribution is 6.30. The summed E-state index contributed by atoms with van der Waals surface area (Å²) >= 11 is 6.26. The molecule has 2 unspecified atom stereocenters. The van der Waals surface area contributed by atoms with Crippen molar-refractivity contribution in [3.63, 3.8) is 0 Å². The van der Waals surface area contributed by atoms with Crippen LogP contribution in [0.25, 0.3) is 0 Å². The maximum absolute atomic E-state index is 6.26. The van der Waals surface area contributed by atoms with Crippen LogP contribution in [-0.4, -0.2) is 16.0 Å². The largest absolute Gasteiger partial charge is 0.367 e. The minimum absolute atomic E-state index is 0.0882. The van der Waals surface area contributed by atoms with Crippen molar-refractivity contribution in [1.82, 2.24) is 9.97 Å². The van der Waals surface area contributed by atoms with E-state index in [9.17, 15) is 0 Å². The second-order valence-corrected chi connectivity index (χ2v) is 7.08. The Morgan fingerprint density at radius 1 is 1.21 bits per heavy atom. The Bertz CT molecular complexity index is 465. The van der Waals surface area contributed by atoms with E-state index in [1.54, 1.807) is 0 Å². The first kappa shape index (κ1) is 14.6. The van der Waals surface area contributed by atoms with Gasteiger partial charge in [-0.2, -0.15) is 0 Å². The van der Waals surface area contributed by atoms with Crippen LogP contribution >= 0.6 is 11.6 Å². The molecule has 0 saturated heterocycles. The highest BCUT2D eigenvalue weighted by atomic mass is 35.5. The Hall–Kier alpha value is -0.830. The molecule has 3 nitrogen and oxygen atoms in total. The van der Waals surface area contributed by atoms with Crippen LogP contribution in [0.1, 0.15) is 58.3 Å². The van der Waals surface area contributed by atoms with Crippen LogP contribution in [0.2, 0.25) is 5.15 Å². The Balaban J connectivity index is 2.31. The summed E-state index contributed by atoms with van der Waals surface area (Å²) in [5, 5.41) is 4.14. The van der Waals surface area contributed by atoms with E-state index in [1.165, 1.54) is 19.3 Å². The average Bonchev–Trinajstić information content (AvgIpc) is 2.69. The van der Waals surface area contributed by atoms with Crippen molar-refractivity contribution in [2.24, 2.45) is 5.92 Å². The summed E-state index contributed by atoms with van der Waals surface area (Å²) in [6.45, 7) is 10.6. The standard InChI is InChI=1S/C15H24ClN3/c1-9-7-6-8-11(9)17-13-10(2)12(16)18-14(19-13)15(3,4)5/h9,11H,6-8H2,1-5H3,(H,17,18,19). The zero-order valence-electron chi connectivity index (χ0n) is 12.5. The molecule has 1 N–H and O–H groups in total. The number of halogens is 1. The maximum atomic E-state index is 6.26. The molecule has 1 fully saturated rings. The topological polar surface area (TPSA) is 37.8 Å². The number of rotatable bonds is 2. The molecule has 0 aliphatic heterocycles. The molecule has 2 atom stereocenters. The molecule has 1 aromatic rings. The van der Waals surface area contributed by atoms with Gasteiger partial charge < -0.3 is 5.32 Å². The fourth-order valence-electron chi connectivity index (χ4n) is 2.50. The van der Waals surface area contributed by atoms with Crippen LogP contribution in [0.4, 0.5) is 5.82 Å². The molecule has 0 aromatic carbocycles. The smallest absolute Gasteiger partial charge is 0.137 e. The van der Waals surface area contributed by atoms with Gasteiger partial charge >= 0.3 is 0 Å². The van der Waals surface area contributed by atoms with Crippen LogP contribution in [0, 0.1) is 12.8 Å². The second-order valence-electron chi connectivity index (χ2n) is 6.72. The van der Waals surface area contributed by atoms with Crippen molar-refractivity contribution >= 4 is 17.4 Å². The molecule has 106 valence electrons. The normalized spacial score (nSPS) is 23.7. The summed E-state index contributed by atoms with van der Waals surface area (Å²) in [6, 6.07) is 0.512. The van der Waals surface area contributed by atoms with E-state index in [1.807, 2.05) is 6.92 Å². The van der Waals surface area contributed by atoms with Gasteiger partial charge in [0.15, 0.2) is 0 Å². The average molecular weight is 282 g/mol. The van der Waals surface area contributed by atoms with Crippen LogP contribution in [0.5, 0.6) is 0 Å². The van der Waals surface area contributed by atoms with Crippen LogP contribution < -0.4 is 5.32 Å². The molecule has 0 radical (unpaired) electrons. The molecule has 0 bridgehead atoms. The molecule has 1 aliphatic rings. The Morgan fingerprint density at radius 2 is 1.89 bits per heavy atom. The molecule has 1 saturated carbocycles. The number of nitrogens with zero attached hydrogens (tertiary/aromatic N) is 2. The van der Waals surface area contributed by atoms with Crippen molar-refractivity contribution in [3.05, 3.63) is 16.5 Å². The van der Waals surface area contributed by atoms with E-state index in [-0.39, 0.29) is 5.41 Å². The van der Waals surface area contributed by atoms with Gasteiger partial charge in [0.1, 0.15) is 16.8 Å². The van der Waals surface area contributed by atoms with E-state index in [4.69, 9.17) is 16.6 Å². The number of anilines is 1. The van der Waals surface area contributed by atoms with Gasteiger partial charge in [0.25, 0.3) is 0 Å². The number of hydrogen-bond acceptors (Lipinski definition) is 3. The van der Waals surface area contributed by atoms with Crippen molar-refractivity contribution in [2.45, 2.75) is 65.3 Å². The highest BCUT2D eigenvalue weighted by Crippen LogP contribution is 2.31. The van der Waals surface area contributed by atoms with Gasteiger partial charge in [0.2, 0.25) is 0 Å². The van der Waals surface area contributed by atoms with Crippen molar-refractivity contribution in [3.8, 4) is 0 Å². The lowest BCUT2D eigenvalue weighted by Gasteiger charge is -2.23. The zero-order chi connectivity index (χ0) is 14.2. The van der Waals surface area contributed by atoms with Gasteiger partial charge in [0.05, 0.1) is 0 Å². The molecule has 1 heterocycles. The Morgan fingerprint density at radius 3 is 2.42 bits per heavy atom. The summed E-state index contributed by atoms with van der Waals surface area (Å²) in [6.07, 6.45) is 3.80. The third-order valence-corrected chi connectivity index (χ3v) is 4.31. The van der Waals surface area contributed by atoms with E-state index in [0.717, 1.165) is 17.2 Å². The predicted octanol–water partition coefficient (Wildman–Crippen LogP) is 4.34. The molecule has 0 amide bonds. The summed E-state index contributed by atoms with van der Waals surface area (Å²) in [5.41, 5.74) is 0.864. The summed E-state index contributed by atoms with van der Waals surface area (Å²) in [5.74, 6) is 2.41. The Kier molecular flexibility index (Phi) is 4.05. The van der Waals surface area contributed by atoms with Gasteiger partial charge in [-0.1, -0.05) is 45.7 Å². The summed E-state index contributed by atoms with van der Waals surface area (Å²) < 4.78 is 0. The molecular weight excluding hydrogens is 258 g/mol. The monoisotopic (exact) mass is 281 g/mol. The van der Waals surface area contributed by atoms with Crippen molar-refractivity contribution in [1.29, 1.82) is 0 Å². The van der Waals surface area contributed by atoms with Crippen molar-refractivity contribution < 1.29 is 0 Å². The number of hydrogen-bond donors (Lipinski definition) is 1. The van der Waals surface area contributed by atoms with Gasteiger partial charge in [-0.05, 0) is 25.7 Å². The van der Waals surface area contributed by atoms with Gasteiger partial charge in [0, 0.05) is 17.0 Å². The van der Waals surface area contributed by atoms with Crippen LogP contribution in [0.15, 0.2) is 0 Å². The first-order valence-electron chi connectivity index (χ1n) is 7.10. The van der Waals surface area contributed by atoms with Crippen LogP contribution in [0.3, 0.4) is 0 Å².